The number of hydrogen-bond donors (Lipinski definition) is 2. The third kappa shape index (κ3) is 3.19. The molecule has 0 bridgehead atoms. The molecule has 0 amide bonds. The number of nitrogens with two attached hydrogens (primary N) is 1. The van der Waals surface area contributed by atoms with Gasteiger partial charge >= 0.3 is 0 Å². The lowest BCUT2D eigenvalue weighted by Crippen LogP contribution is -2.48. The SMILES string of the molecule is COC1CC(NCC2CCCCCC2N)C1. The van der Waals surface area contributed by atoms with Crippen molar-refractivity contribution in [1.29, 1.82) is 0 Å². The van der Waals surface area contributed by atoms with Crippen LogP contribution in [0.3, 0.4) is 0 Å². The minimum Gasteiger partial charge on any atom is -0.381 e. The van der Waals surface area contributed by atoms with Crippen molar-refractivity contribution in [2.75, 3.05) is 13.7 Å². The van der Waals surface area contributed by atoms with Crippen molar-refractivity contribution in [2.24, 2.45) is 11.7 Å². The summed E-state index contributed by atoms with van der Waals surface area (Å²) in [4.78, 5) is 0. The molecule has 0 saturated heterocycles. The summed E-state index contributed by atoms with van der Waals surface area (Å²) in [6.07, 6.45) is 9.46. The molecule has 0 aromatic heterocycles. The van der Waals surface area contributed by atoms with Gasteiger partial charge < -0.3 is 15.8 Å². The Morgan fingerprint density at radius 2 is 1.94 bits per heavy atom. The smallest absolute Gasteiger partial charge is 0.0601 e. The van der Waals surface area contributed by atoms with Crippen LogP contribution < -0.4 is 11.1 Å². The number of hydrogen-bond acceptors (Lipinski definition) is 3. The minimum atomic E-state index is 0.424. The summed E-state index contributed by atoms with van der Waals surface area (Å²) >= 11 is 0. The summed E-state index contributed by atoms with van der Waals surface area (Å²) in [5.41, 5.74) is 6.21. The maximum absolute atomic E-state index is 6.21. The Labute approximate surface area is 99.1 Å². The molecule has 3 nitrogen and oxygen atoms in total. The molecule has 2 fully saturated rings. The van der Waals surface area contributed by atoms with Crippen LogP contribution in [0.1, 0.15) is 44.9 Å². The molecule has 0 radical (unpaired) electrons. The second-order valence-corrected chi connectivity index (χ2v) is 5.50. The van der Waals surface area contributed by atoms with Crippen molar-refractivity contribution in [3.63, 3.8) is 0 Å². The average Bonchev–Trinajstić information content (AvgIpc) is 2.42. The standard InChI is InChI=1S/C13H26N2O/c1-16-12-7-11(8-12)15-9-10-5-3-2-4-6-13(10)14/h10-13,15H,2-9,14H2,1H3. The molecule has 16 heavy (non-hydrogen) atoms. The maximum Gasteiger partial charge on any atom is 0.0601 e. The molecule has 2 saturated carbocycles. The molecule has 0 heterocycles. The molecule has 0 spiro atoms. The van der Waals surface area contributed by atoms with Crippen molar-refractivity contribution < 1.29 is 4.74 Å². The Morgan fingerprint density at radius 1 is 1.19 bits per heavy atom. The van der Waals surface area contributed by atoms with Crippen LogP contribution in [0.2, 0.25) is 0 Å². The molecule has 94 valence electrons. The monoisotopic (exact) mass is 226 g/mol. The zero-order valence-electron chi connectivity index (χ0n) is 10.5. The fraction of sp³-hybridized carbons (Fsp3) is 1.00. The second-order valence-electron chi connectivity index (χ2n) is 5.50. The first-order valence-corrected chi connectivity index (χ1v) is 6.81. The fourth-order valence-corrected chi connectivity index (χ4v) is 2.91. The Balaban J connectivity index is 1.64. The predicted molar refractivity (Wildman–Crippen MR) is 66.4 cm³/mol. The van der Waals surface area contributed by atoms with Gasteiger partial charge in [0.15, 0.2) is 0 Å². The van der Waals surface area contributed by atoms with E-state index in [0.29, 0.717) is 24.1 Å². The second kappa shape index (κ2) is 5.99. The molecule has 0 aromatic carbocycles. The topological polar surface area (TPSA) is 47.3 Å². The van der Waals surface area contributed by atoms with E-state index in [1.807, 2.05) is 7.11 Å². The van der Waals surface area contributed by atoms with Gasteiger partial charge in [0.05, 0.1) is 6.10 Å². The van der Waals surface area contributed by atoms with Gasteiger partial charge in [-0.2, -0.15) is 0 Å². The predicted octanol–water partition coefficient (Wildman–Crippen LogP) is 1.66. The molecule has 2 aliphatic carbocycles. The van der Waals surface area contributed by atoms with Gasteiger partial charge in [-0.05, 0) is 38.1 Å². The first-order valence-electron chi connectivity index (χ1n) is 6.81. The summed E-state index contributed by atoms with van der Waals surface area (Å²) in [7, 11) is 1.81. The summed E-state index contributed by atoms with van der Waals surface area (Å²) in [6, 6.07) is 1.11. The molecule has 2 rings (SSSR count). The number of rotatable bonds is 4. The molecular weight excluding hydrogens is 200 g/mol. The van der Waals surface area contributed by atoms with Crippen LogP contribution in [-0.2, 0) is 4.74 Å². The van der Waals surface area contributed by atoms with E-state index < -0.39 is 0 Å². The van der Waals surface area contributed by atoms with E-state index in [-0.39, 0.29) is 0 Å². The highest BCUT2D eigenvalue weighted by molar-refractivity contribution is 4.87. The van der Waals surface area contributed by atoms with Gasteiger partial charge in [0.2, 0.25) is 0 Å². The molecule has 2 unspecified atom stereocenters. The minimum absolute atomic E-state index is 0.424. The molecule has 3 heteroatoms. The fourth-order valence-electron chi connectivity index (χ4n) is 2.91. The highest BCUT2D eigenvalue weighted by Gasteiger charge is 2.29. The van der Waals surface area contributed by atoms with E-state index in [2.05, 4.69) is 5.32 Å². The molecule has 2 atom stereocenters. The summed E-state index contributed by atoms with van der Waals surface area (Å²) in [6.45, 7) is 1.11. The zero-order chi connectivity index (χ0) is 11.4. The van der Waals surface area contributed by atoms with Crippen molar-refractivity contribution in [2.45, 2.75) is 63.1 Å². The average molecular weight is 226 g/mol. The van der Waals surface area contributed by atoms with Crippen molar-refractivity contribution in [3.8, 4) is 0 Å². The van der Waals surface area contributed by atoms with Gasteiger partial charge in [-0.1, -0.05) is 19.3 Å². The number of methoxy groups -OCH3 is 1. The third-order valence-electron chi connectivity index (χ3n) is 4.31. The highest BCUT2D eigenvalue weighted by Crippen LogP contribution is 2.25. The Bertz CT molecular complexity index is 204. The molecule has 2 aliphatic rings. The van der Waals surface area contributed by atoms with Crippen LogP contribution in [0.15, 0.2) is 0 Å². The Hall–Kier alpha value is -0.120. The summed E-state index contributed by atoms with van der Waals surface area (Å²) in [5.74, 6) is 0.698. The van der Waals surface area contributed by atoms with Crippen LogP contribution in [0.25, 0.3) is 0 Å². The quantitative estimate of drug-likeness (QED) is 0.717. The van der Waals surface area contributed by atoms with E-state index in [9.17, 15) is 0 Å². The largest absolute Gasteiger partial charge is 0.381 e. The lowest BCUT2D eigenvalue weighted by molar-refractivity contribution is 0.0161. The molecule has 0 aliphatic heterocycles. The first-order chi connectivity index (χ1) is 7.79. The number of ether oxygens (including phenoxy) is 1. The van der Waals surface area contributed by atoms with Gasteiger partial charge in [0.25, 0.3) is 0 Å². The van der Waals surface area contributed by atoms with Gasteiger partial charge in [0.1, 0.15) is 0 Å². The van der Waals surface area contributed by atoms with Crippen LogP contribution in [0.5, 0.6) is 0 Å². The van der Waals surface area contributed by atoms with E-state index >= 15 is 0 Å². The van der Waals surface area contributed by atoms with Crippen molar-refractivity contribution >= 4 is 0 Å². The van der Waals surface area contributed by atoms with Crippen molar-refractivity contribution in [3.05, 3.63) is 0 Å². The van der Waals surface area contributed by atoms with Gasteiger partial charge in [-0.25, -0.2) is 0 Å². The van der Waals surface area contributed by atoms with E-state index in [1.165, 1.54) is 44.9 Å². The van der Waals surface area contributed by atoms with Crippen molar-refractivity contribution in [1.82, 2.24) is 5.32 Å². The molecular formula is C13H26N2O. The third-order valence-corrected chi connectivity index (χ3v) is 4.31. The lowest BCUT2D eigenvalue weighted by Gasteiger charge is -2.36. The van der Waals surface area contributed by atoms with Gasteiger partial charge in [0, 0.05) is 19.2 Å². The zero-order valence-corrected chi connectivity index (χ0v) is 10.5. The molecule has 3 N–H and O–H groups in total. The van der Waals surface area contributed by atoms with Crippen LogP contribution >= 0.6 is 0 Å². The summed E-state index contributed by atoms with van der Waals surface area (Å²) in [5, 5.41) is 3.65. The Kier molecular flexibility index (Phi) is 4.62. The van der Waals surface area contributed by atoms with E-state index in [0.717, 1.165) is 6.54 Å². The molecule has 0 aromatic rings. The van der Waals surface area contributed by atoms with Crippen LogP contribution in [-0.4, -0.2) is 31.8 Å². The summed E-state index contributed by atoms with van der Waals surface area (Å²) < 4.78 is 5.28. The normalized spacial score (nSPS) is 40.1. The Morgan fingerprint density at radius 3 is 2.69 bits per heavy atom. The van der Waals surface area contributed by atoms with E-state index in [1.54, 1.807) is 0 Å². The van der Waals surface area contributed by atoms with Crippen LogP contribution in [0, 0.1) is 5.92 Å². The van der Waals surface area contributed by atoms with E-state index in [4.69, 9.17) is 10.5 Å². The first kappa shape index (κ1) is 12.3. The van der Waals surface area contributed by atoms with Gasteiger partial charge in [-0.15, -0.1) is 0 Å². The number of nitrogens with one attached hydrogen (secondary N) is 1. The van der Waals surface area contributed by atoms with Gasteiger partial charge in [-0.3, -0.25) is 0 Å². The lowest BCUT2D eigenvalue weighted by atomic mass is 9.88. The van der Waals surface area contributed by atoms with Crippen LogP contribution in [0.4, 0.5) is 0 Å². The maximum atomic E-state index is 6.21. The highest BCUT2D eigenvalue weighted by atomic mass is 16.5.